The van der Waals surface area contributed by atoms with Crippen LogP contribution >= 0.6 is 0 Å². The van der Waals surface area contributed by atoms with Gasteiger partial charge in [-0.1, -0.05) is 0 Å². The second kappa shape index (κ2) is 5.36. The zero-order valence-corrected chi connectivity index (χ0v) is 15.5. The predicted octanol–water partition coefficient (Wildman–Crippen LogP) is 4.35. The average Bonchev–Trinajstić information content (AvgIpc) is 2.81. The molecule has 0 atom stereocenters. The third-order valence-corrected chi connectivity index (χ3v) is 7.59. The number of aromatic nitrogens is 1. The molecule has 0 aliphatic heterocycles. The Morgan fingerprint density at radius 3 is 2.32 bits per heavy atom. The number of benzene rings is 1. The minimum atomic E-state index is 0.125. The van der Waals surface area contributed by atoms with Crippen LogP contribution in [0, 0.1) is 37.5 Å². The fraction of sp³-hybridized carbons (Fsp3) is 0.591. The largest absolute Gasteiger partial charge is 0.349 e. The quantitative estimate of drug-likeness (QED) is 0.869. The topological polar surface area (TPSA) is 34.0 Å². The van der Waals surface area contributed by atoms with Gasteiger partial charge in [-0.3, -0.25) is 4.79 Å². The molecule has 25 heavy (non-hydrogen) atoms. The normalized spacial score (nSPS) is 33.2. The van der Waals surface area contributed by atoms with E-state index in [0.717, 1.165) is 29.2 Å². The fourth-order valence-electron chi connectivity index (χ4n) is 6.29. The minimum Gasteiger partial charge on any atom is -0.349 e. The summed E-state index contributed by atoms with van der Waals surface area (Å²) in [6.45, 7) is 4.29. The Bertz CT molecular complexity index is 835. The third kappa shape index (κ3) is 2.28. The van der Waals surface area contributed by atoms with Gasteiger partial charge in [-0.05, 0) is 93.4 Å². The van der Waals surface area contributed by atoms with Gasteiger partial charge in [0.15, 0.2) is 0 Å². The van der Waals surface area contributed by atoms with E-state index in [1.165, 1.54) is 54.3 Å². The van der Waals surface area contributed by atoms with E-state index in [1.54, 1.807) is 0 Å². The maximum atomic E-state index is 13.0. The molecule has 2 aromatic rings. The Morgan fingerprint density at radius 2 is 1.68 bits per heavy atom. The van der Waals surface area contributed by atoms with E-state index < -0.39 is 0 Å². The van der Waals surface area contributed by atoms with Crippen molar-refractivity contribution in [3.8, 4) is 0 Å². The predicted molar refractivity (Wildman–Crippen MR) is 101 cm³/mol. The van der Waals surface area contributed by atoms with Crippen molar-refractivity contribution in [1.82, 2.24) is 9.88 Å². The SMILES string of the molecule is Cc1c(C)n(C)c2ccc(C(=O)NC3C4CC5CC(C4)CC3C5)cc12. The summed E-state index contributed by atoms with van der Waals surface area (Å²) in [5.74, 6) is 3.47. The molecule has 132 valence electrons. The highest BCUT2D eigenvalue weighted by molar-refractivity contribution is 5.99. The van der Waals surface area contributed by atoms with E-state index in [-0.39, 0.29) is 5.91 Å². The molecular weight excluding hydrogens is 308 g/mol. The third-order valence-electron chi connectivity index (χ3n) is 7.59. The van der Waals surface area contributed by atoms with Crippen LogP contribution in [0.2, 0.25) is 0 Å². The van der Waals surface area contributed by atoms with E-state index in [1.807, 2.05) is 6.07 Å². The minimum absolute atomic E-state index is 0.125. The lowest BCUT2D eigenvalue weighted by atomic mass is 9.54. The molecule has 4 saturated carbocycles. The summed E-state index contributed by atoms with van der Waals surface area (Å²) in [5.41, 5.74) is 4.58. The fourth-order valence-corrected chi connectivity index (χ4v) is 6.29. The van der Waals surface area contributed by atoms with Gasteiger partial charge in [-0.15, -0.1) is 0 Å². The molecule has 0 spiro atoms. The first-order valence-electron chi connectivity index (χ1n) is 9.87. The molecule has 3 nitrogen and oxygen atoms in total. The zero-order valence-electron chi connectivity index (χ0n) is 15.5. The number of nitrogens with one attached hydrogen (secondary N) is 1. The Balaban J connectivity index is 1.41. The smallest absolute Gasteiger partial charge is 0.251 e. The monoisotopic (exact) mass is 336 g/mol. The molecular formula is C22H28N2O. The van der Waals surface area contributed by atoms with Crippen molar-refractivity contribution in [2.45, 2.75) is 52.0 Å². The molecule has 4 bridgehead atoms. The second-order valence-electron chi connectivity index (χ2n) is 8.93. The standard InChI is InChI=1S/C22H28N2O/c1-12-13(2)24(3)20-5-4-16(11-19(12)20)22(25)23-21-17-7-14-6-15(9-17)10-18(21)8-14/h4-5,11,14-15,17-18,21H,6-10H2,1-3H3,(H,23,25). The number of hydrogen-bond donors (Lipinski definition) is 1. The van der Waals surface area contributed by atoms with Gasteiger partial charge in [0.25, 0.3) is 5.91 Å². The summed E-state index contributed by atoms with van der Waals surface area (Å²) < 4.78 is 2.21. The van der Waals surface area contributed by atoms with Crippen molar-refractivity contribution >= 4 is 16.8 Å². The number of fused-ring (bicyclic) bond motifs is 1. The van der Waals surface area contributed by atoms with Gasteiger partial charge in [-0.2, -0.15) is 0 Å². The first-order valence-corrected chi connectivity index (χ1v) is 9.87. The van der Waals surface area contributed by atoms with Crippen molar-refractivity contribution in [3.63, 3.8) is 0 Å². The van der Waals surface area contributed by atoms with Crippen molar-refractivity contribution in [1.29, 1.82) is 0 Å². The van der Waals surface area contributed by atoms with Crippen LogP contribution in [0.4, 0.5) is 0 Å². The Labute approximate surface area is 149 Å². The highest BCUT2D eigenvalue weighted by Gasteiger charge is 2.48. The van der Waals surface area contributed by atoms with E-state index in [2.05, 4.69) is 42.9 Å². The highest BCUT2D eigenvalue weighted by atomic mass is 16.1. The van der Waals surface area contributed by atoms with Crippen LogP contribution < -0.4 is 5.32 Å². The first-order chi connectivity index (χ1) is 12.0. The molecule has 0 saturated heterocycles. The summed E-state index contributed by atoms with van der Waals surface area (Å²) in [6, 6.07) is 6.59. The van der Waals surface area contributed by atoms with Crippen LogP contribution in [0.3, 0.4) is 0 Å². The molecule has 4 fully saturated rings. The maximum absolute atomic E-state index is 13.0. The van der Waals surface area contributed by atoms with Gasteiger partial charge in [0.05, 0.1) is 0 Å². The van der Waals surface area contributed by atoms with E-state index >= 15 is 0 Å². The lowest BCUT2D eigenvalue weighted by Gasteiger charge is -2.54. The molecule has 1 amide bonds. The van der Waals surface area contributed by atoms with Gasteiger partial charge in [-0.25, -0.2) is 0 Å². The van der Waals surface area contributed by atoms with E-state index in [0.29, 0.717) is 6.04 Å². The number of hydrogen-bond acceptors (Lipinski definition) is 1. The number of amides is 1. The van der Waals surface area contributed by atoms with Gasteiger partial charge < -0.3 is 9.88 Å². The lowest BCUT2D eigenvalue weighted by molar-refractivity contribution is -0.0119. The van der Waals surface area contributed by atoms with Gasteiger partial charge in [0.2, 0.25) is 0 Å². The summed E-state index contributed by atoms with van der Waals surface area (Å²) in [5, 5.41) is 4.64. The van der Waals surface area contributed by atoms with E-state index in [4.69, 9.17) is 0 Å². The van der Waals surface area contributed by atoms with Crippen molar-refractivity contribution in [2.24, 2.45) is 30.7 Å². The summed E-state index contributed by atoms with van der Waals surface area (Å²) in [6.07, 6.45) is 6.82. The van der Waals surface area contributed by atoms with Crippen LogP contribution in [-0.4, -0.2) is 16.5 Å². The Kier molecular flexibility index (Phi) is 3.32. The van der Waals surface area contributed by atoms with Crippen LogP contribution in [0.1, 0.15) is 53.7 Å². The number of rotatable bonds is 2. The van der Waals surface area contributed by atoms with Crippen LogP contribution in [0.5, 0.6) is 0 Å². The highest BCUT2D eigenvalue weighted by Crippen LogP contribution is 2.53. The molecule has 3 heteroatoms. The van der Waals surface area contributed by atoms with Gasteiger partial charge in [0.1, 0.15) is 0 Å². The molecule has 1 aromatic heterocycles. The summed E-state index contributed by atoms with van der Waals surface area (Å²) >= 11 is 0. The molecule has 0 unspecified atom stereocenters. The molecule has 4 aliphatic carbocycles. The summed E-state index contributed by atoms with van der Waals surface area (Å²) in [7, 11) is 2.10. The Hall–Kier alpha value is -1.77. The first kappa shape index (κ1) is 15.5. The number of aryl methyl sites for hydroxylation is 2. The van der Waals surface area contributed by atoms with Crippen molar-refractivity contribution in [2.75, 3.05) is 0 Å². The van der Waals surface area contributed by atoms with Crippen molar-refractivity contribution in [3.05, 3.63) is 35.0 Å². The number of carbonyl (C=O) groups excluding carboxylic acids is 1. The molecule has 6 rings (SSSR count). The van der Waals surface area contributed by atoms with Gasteiger partial charge in [0, 0.05) is 35.2 Å². The zero-order chi connectivity index (χ0) is 17.3. The number of carbonyl (C=O) groups is 1. The second-order valence-corrected chi connectivity index (χ2v) is 8.93. The van der Waals surface area contributed by atoms with Crippen LogP contribution in [0.25, 0.3) is 10.9 Å². The average molecular weight is 336 g/mol. The molecule has 4 aliphatic rings. The number of nitrogens with zero attached hydrogens (tertiary/aromatic N) is 1. The molecule has 0 radical (unpaired) electrons. The van der Waals surface area contributed by atoms with Gasteiger partial charge >= 0.3 is 0 Å². The molecule has 1 heterocycles. The van der Waals surface area contributed by atoms with Crippen LogP contribution in [-0.2, 0) is 7.05 Å². The van der Waals surface area contributed by atoms with Crippen LogP contribution in [0.15, 0.2) is 18.2 Å². The Morgan fingerprint density at radius 1 is 1.04 bits per heavy atom. The molecule has 1 aromatic carbocycles. The maximum Gasteiger partial charge on any atom is 0.251 e. The van der Waals surface area contributed by atoms with E-state index in [9.17, 15) is 4.79 Å². The summed E-state index contributed by atoms with van der Waals surface area (Å²) in [4.78, 5) is 13.0. The van der Waals surface area contributed by atoms with Crippen molar-refractivity contribution < 1.29 is 4.79 Å². The molecule has 1 N–H and O–H groups in total. The lowest BCUT2D eigenvalue weighted by Crippen LogP contribution is -2.55.